The number of hydrogen-bond acceptors (Lipinski definition) is 1. The number of rotatable bonds is 1. The maximum absolute atomic E-state index is 5.86. The van der Waals surface area contributed by atoms with Gasteiger partial charge in [0.1, 0.15) is 0 Å². The van der Waals surface area contributed by atoms with Crippen LogP contribution >= 0.6 is 0 Å². The number of aromatic amines is 1. The summed E-state index contributed by atoms with van der Waals surface area (Å²) in [6.07, 6.45) is 5.82. The number of ether oxygens (including phenoxy) is 1. The highest BCUT2D eigenvalue weighted by molar-refractivity contribution is 5.37. The van der Waals surface area contributed by atoms with Crippen LogP contribution in [0.1, 0.15) is 49.4 Å². The molecule has 2 heteroatoms. The van der Waals surface area contributed by atoms with Gasteiger partial charge in [0.2, 0.25) is 0 Å². The first-order valence-corrected chi connectivity index (χ1v) is 5.53. The fourth-order valence-corrected chi connectivity index (χ4v) is 2.42. The topological polar surface area (TPSA) is 25.0 Å². The second-order valence-electron chi connectivity index (χ2n) is 5.00. The van der Waals surface area contributed by atoms with E-state index in [1.807, 2.05) is 0 Å². The third kappa shape index (κ3) is 1.13. The number of fused-ring (bicyclic) bond motifs is 1. The van der Waals surface area contributed by atoms with Gasteiger partial charge in [-0.1, -0.05) is 13.8 Å². The van der Waals surface area contributed by atoms with Gasteiger partial charge in [0.05, 0.1) is 12.2 Å². The van der Waals surface area contributed by atoms with Crippen LogP contribution in [0.15, 0.2) is 6.20 Å². The van der Waals surface area contributed by atoms with Gasteiger partial charge in [-0.25, -0.2) is 0 Å². The molecule has 14 heavy (non-hydrogen) atoms. The highest BCUT2D eigenvalue weighted by Crippen LogP contribution is 2.47. The average Bonchev–Trinajstić information content (AvgIpc) is 2.77. The van der Waals surface area contributed by atoms with Gasteiger partial charge in [0.25, 0.3) is 0 Å². The van der Waals surface area contributed by atoms with E-state index in [2.05, 4.69) is 25.0 Å². The molecule has 1 aromatic rings. The molecule has 0 saturated heterocycles. The molecule has 0 aromatic carbocycles. The molecule has 1 N–H and O–H groups in total. The molecule has 0 bridgehead atoms. The molecule has 1 saturated carbocycles. The minimum atomic E-state index is 0.249. The molecule has 2 heterocycles. The van der Waals surface area contributed by atoms with Crippen LogP contribution in [0.3, 0.4) is 0 Å². The summed E-state index contributed by atoms with van der Waals surface area (Å²) in [7, 11) is 0. The minimum Gasteiger partial charge on any atom is -0.368 e. The Bertz CT molecular complexity index is 360. The van der Waals surface area contributed by atoms with Crippen LogP contribution in [0.5, 0.6) is 0 Å². The molecular weight excluding hydrogens is 174 g/mol. The van der Waals surface area contributed by atoms with Gasteiger partial charge in [-0.05, 0) is 29.9 Å². The van der Waals surface area contributed by atoms with Crippen LogP contribution in [0.2, 0.25) is 0 Å². The molecule has 1 spiro atoms. The first kappa shape index (κ1) is 8.54. The van der Waals surface area contributed by atoms with Crippen molar-refractivity contribution in [2.24, 2.45) is 0 Å². The van der Waals surface area contributed by atoms with Gasteiger partial charge >= 0.3 is 0 Å². The monoisotopic (exact) mass is 191 g/mol. The van der Waals surface area contributed by atoms with Crippen molar-refractivity contribution in [2.45, 2.75) is 51.2 Å². The molecule has 3 rings (SSSR count). The Balaban J connectivity index is 1.99. The van der Waals surface area contributed by atoms with Crippen molar-refractivity contribution in [1.82, 2.24) is 4.98 Å². The van der Waals surface area contributed by atoms with Crippen molar-refractivity contribution in [3.63, 3.8) is 0 Å². The first-order valence-electron chi connectivity index (χ1n) is 5.53. The summed E-state index contributed by atoms with van der Waals surface area (Å²) < 4.78 is 5.86. The SMILES string of the molecule is CC(C)c1c[nH]c2c1CC1(CC1)OC2. The highest BCUT2D eigenvalue weighted by Gasteiger charge is 2.47. The van der Waals surface area contributed by atoms with Crippen molar-refractivity contribution in [3.05, 3.63) is 23.0 Å². The number of hydrogen-bond donors (Lipinski definition) is 1. The average molecular weight is 191 g/mol. The lowest BCUT2D eigenvalue weighted by Gasteiger charge is -2.24. The van der Waals surface area contributed by atoms with E-state index in [0.717, 1.165) is 13.0 Å². The zero-order valence-corrected chi connectivity index (χ0v) is 8.89. The summed E-state index contributed by atoms with van der Waals surface area (Å²) in [6.45, 7) is 5.32. The predicted octanol–water partition coefficient (Wildman–Crippen LogP) is 2.74. The smallest absolute Gasteiger partial charge is 0.0876 e. The van der Waals surface area contributed by atoms with E-state index in [1.54, 1.807) is 5.56 Å². The molecule has 0 unspecified atom stereocenters. The maximum atomic E-state index is 5.86. The Morgan fingerprint density at radius 2 is 2.21 bits per heavy atom. The zero-order valence-electron chi connectivity index (χ0n) is 8.89. The predicted molar refractivity (Wildman–Crippen MR) is 55.3 cm³/mol. The first-order chi connectivity index (χ1) is 6.70. The Morgan fingerprint density at radius 3 is 2.86 bits per heavy atom. The molecular formula is C12H17NO. The molecule has 1 fully saturated rings. The lowest BCUT2D eigenvalue weighted by Crippen LogP contribution is -2.24. The van der Waals surface area contributed by atoms with E-state index in [9.17, 15) is 0 Å². The Labute approximate surface area is 84.7 Å². The standard InChI is InChI=1S/C12H17NO/c1-8(2)10-6-13-11-7-14-12(3-4-12)5-9(10)11/h6,8,13H,3-5,7H2,1-2H3. The second kappa shape index (κ2) is 2.63. The van der Waals surface area contributed by atoms with Crippen molar-refractivity contribution < 1.29 is 4.74 Å². The highest BCUT2D eigenvalue weighted by atomic mass is 16.5. The number of H-pyrrole nitrogens is 1. The van der Waals surface area contributed by atoms with Crippen molar-refractivity contribution in [1.29, 1.82) is 0 Å². The van der Waals surface area contributed by atoms with E-state index in [1.165, 1.54) is 24.1 Å². The fourth-order valence-electron chi connectivity index (χ4n) is 2.42. The van der Waals surface area contributed by atoms with Crippen LogP contribution in [-0.4, -0.2) is 10.6 Å². The molecule has 1 aliphatic carbocycles. The molecule has 1 aliphatic heterocycles. The molecule has 1 aromatic heterocycles. The summed E-state index contributed by atoms with van der Waals surface area (Å²) >= 11 is 0. The van der Waals surface area contributed by atoms with Gasteiger partial charge in [0.15, 0.2) is 0 Å². The van der Waals surface area contributed by atoms with Crippen molar-refractivity contribution >= 4 is 0 Å². The summed E-state index contributed by atoms with van der Waals surface area (Å²) in [5, 5.41) is 0. The molecule has 0 atom stereocenters. The van der Waals surface area contributed by atoms with E-state index >= 15 is 0 Å². The third-order valence-electron chi connectivity index (χ3n) is 3.57. The fraction of sp³-hybridized carbons (Fsp3) is 0.667. The Kier molecular flexibility index (Phi) is 1.61. The van der Waals surface area contributed by atoms with Crippen molar-refractivity contribution in [2.75, 3.05) is 0 Å². The van der Waals surface area contributed by atoms with Gasteiger partial charge < -0.3 is 9.72 Å². The third-order valence-corrected chi connectivity index (χ3v) is 3.57. The van der Waals surface area contributed by atoms with Crippen LogP contribution < -0.4 is 0 Å². The second-order valence-corrected chi connectivity index (χ2v) is 5.00. The van der Waals surface area contributed by atoms with E-state index < -0.39 is 0 Å². The Hall–Kier alpha value is -0.760. The summed E-state index contributed by atoms with van der Waals surface area (Å²) in [6, 6.07) is 0. The zero-order chi connectivity index (χ0) is 9.76. The molecule has 2 aliphatic rings. The quantitative estimate of drug-likeness (QED) is 0.725. The molecule has 0 amide bonds. The van der Waals surface area contributed by atoms with Crippen LogP contribution in [0.4, 0.5) is 0 Å². The molecule has 0 radical (unpaired) electrons. The van der Waals surface area contributed by atoms with E-state index in [-0.39, 0.29) is 5.60 Å². The lowest BCUT2D eigenvalue weighted by atomic mass is 9.94. The van der Waals surface area contributed by atoms with Gasteiger partial charge in [0, 0.05) is 18.3 Å². The summed E-state index contributed by atoms with van der Waals surface area (Å²) in [4.78, 5) is 3.35. The van der Waals surface area contributed by atoms with Gasteiger partial charge in [-0.2, -0.15) is 0 Å². The van der Waals surface area contributed by atoms with Gasteiger partial charge in [-0.3, -0.25) is 0 Å². The summed E-state index contributed by atoms with van der Waals surface area (Å²) in [5.41, 5.74) is 4.60. The van der Waals surface area contributed by atoms with Crippen LogP contribution in [0.25, 0.3) is 0 Å². The van der Waals surface area contributed by atoms with Crippen LogP contribution in [0, 0.1) is 0 Å². The van der Waals surface area contributed by atoms with Crippen molar-refractivity contribution in [3.8, 4) is 0 Å². The number of aromatic nitrogens is 1. The van der Waals surface area contributed by atoms with Crippen LogP contribution in [-0.2, 0) is 17.8 Å². The number of nitrogens with one attached hydrogen (secondary N) is 1. The van der Waals surface area contributed by atoms with E-state index in [4.69, 9.17) is 4.74 Å². The Morgan fingerprint density at radius 1 is 1.43 bits per heavy atom. The molecule has 76 valence electrons. The maximum Gasteiger partial charge on any atom is 0.0876 e. The van der Waals surface area contributed by atoms with Gasteiger partial charge in [-0.15, -0.1) is 0 Å². The normalized spacial score (nSPS) is 22.8. The summed E-state index contributed by atoms with van der Waals surface area (Å²) in [5.74, 6) is 0.629. The van der Waals surface area contributed by atoms with E-state index in [0.29, 0.717) is 5.92 Å². The molecule has 2 nitrogen and oxygen atoms in total. The minimum absolute atomic E-state index is 0.249. The largest absolute Gasteiger partial charge is 0.368 e. The lowest BCUT2D eigenvalue weighted by molar-refractivity contribution is 0.00635.